The van der Waals surface area contributed by atoms with E-state index in [0.29, 0.717) is 5.41 Å². The van der Waals surface area contributed by atoms with E-state index in [1.165, 1.54) is 71.1 Å². The van der Waals surface area contributed by atoms with Crippen LogP contribution in [-0.4, -0.2) is 26.2 Å². The largest absolute Gasteiger partial charge is 0.316 e. The molecule has 0 aromatic carbocycles. The van der Waals surface area contributed by atoms with Crippen LogP contribution in [0.4, 0.5) is 0 Å². The van der Waals surface area contributed by atoms with E-state index in [0.717, 1.165) is 5.92 Å². The molecule has 1 fully saturated rings. The van der Waals surface area contributed by atoms with Crippen LogP contribution in [0.2, 0.25) is 0 Å². The molecular formula is C16H34N2. The molecular weight excluding hydrogens is 220 g/mol. The summed E-state index contributed by atoms with van der Waals surface area (Å²) in [7, 11) is 0. The van der Waals surface area contributed by atoms with Crippen LogP contribution in [-0.2, 0) is 0 Å². The van der Waals surface area contributed by atoms with Gasteiger partial charge in [0.15, 0.2) is 0 Å². The fourth-order valence-corrected chi connectivity index (χ4v) is 2.82. The van der Waals surface area contributed by atoms with Crippen molar-refractivity contribution in [3.8, 4) is 0 Å². The fraction of sp³-hybridized carbons (Fsp3) is 1.00. The summed E-state index contributed by atoms with van der Waals surface area (Å²) in [6, 6.07) is 0. The Morgan fingerprint density at radius 1 is 1.17 bits per heavy atom. The summed E-state index contributed by atoms with van der Waals surface area (Å²) in [5, 5.41) is 7.17. The highest BCUT2D eigenvalue weighted by Crippen LogP contribution is 2.24. The van der Waals surface area contributed by atoms with Crippen LogP contribution in [0.5, 0.6) is 0 Å². The van der Waals surface area contributed by atoms with Gasteiger partial charge in [-0.2, -0.15) is 0 Å². The first-order valence-electron chi connectivity index (χ1n) is 8.04. The number of hydrogen-bond donors (Lipinski definition) is 2. The third kappa shape index (κ3) is 7.38. The van der Waals surface area contributed by atoms with E-state index in [9.17, 15) is 0 Å². The van der Waals surface area contributed by atoms with Crippen LogP contribution < -0.4 is 10.6 Å². The molecule has 0 bridgehead atoms. The van der Waals surface area contributed by atoms with E-state index in [1.807, 2.05) is 0 Å². The van der Waals surface area contributed by atoms with Gasteiger partial charge in [-0.3, -0.25) is 0 Å². The molecule has 1 rings (SSSR count). The van der Waals surface area contributed by atoms with Crippen LogP contribution in [0.25, 0.3) is 0 Å². The van der Waals surface area contributed by atoms with Crippen molar-refractivity contribution in [3.63, 3.8) is 0 Å². The smallest absolute Gasteiger partial charge is 0.00173 e. The molecule has 18 heavy (non-hydrogen) atoms. The lowest BCUT2D eigenvalue weighted by Gasteiger charge is -2.34. The van der Waals surface area contributed by atoms with Crippen LogP contribution in [0, 0.1) is 11.3 Å². The van der Waals surface area contributed by atoms with Gasteiger partial charge in [-0.25, -0.2) is 0 Å². The summed E-state index contributed by atoms with van der Waals surface area (Å²) in [6.45, 7) is 11.8. The van der Waals surface area contributed by atoms with E-state index < -0.39 is 0 Å². The molecule has 0 aromatic heterocycles. The van der Waals surface area contributed by atoms with Gasteiger partial charge in [0.05, 0.1) is 0 Å². The van der Waals surface area contributed by atoms with Crippen molar-refractivity contribution in [1.82, 2.24) is 10.6 Å². The number of unbranched alkanes of at least 4 members (excludes halogenated alkanes) is 3. The monoisotopic (exact) mass is 254 g/mol. The van der Waals surface area contributed by atoms with Crippen LogP contribution in [0.3, 0.4) is 0 Å². The lowest BCUT2D eigenvalue weighted by molar-refractivity contribution is 0.226. The number of nitrogens with one attached hydrogen (secondary N) is 2. The molecule has 0 aromatic rings. The average molecular weight is 254 g/mol. The minimum Gasteiger partial charge on any atom is -0.316 e. The molecule has 1 atom stereocenters. The van der Waals surface area contributed by atoms with E-state index in [2.05, 4.69) is 31.4 Å². The Hall–Kier alpha value is -0.0800. The highest BCUT2D eigenvalue weighted by molar-refractivity contribution is 4.83. The molecule has 0 aliphatic carbocycles. The van der Waals surface area contributed by atoms with Crippen LogP contribution >= 0.6 is 0 Å². The first kappa shape index (κ1) is 16.0. The molecule has 0 radical (unpaired) electrons. The molecule has 1 aliphatic rings. The first-order valence-corrected chi connectivity index (χ1v) is 8.04. The summed E-state index contributed by atoms with van der Waals surface area (Å²) in [5.41, 5.74) is 0.496. The lowest BCUT2D eigenvalue weighted by atomic mass is 9.83. The van der Waals surface area contributed by atoms with Crippen molar-refractivity contribution in [3.05, 3.63) is 0 Å². The zero-order valence-corrected chi connectivity index (χ0v) is 12.9. The maximum atomic E-state index is 3.66. The highest BCUT2D eigenvalue weighted by atomic mass is 14.9. The molecule has 1 heterocycles. The minimum absolute atomic E-state index is 0.496. The van der Waals surface area contributed by atoms with E-state index in [-0.39, 0.29) is 0 Å². The molecule has 1 saturated heterocycles. The topological polar surface area (TPSA) is 24.1 Å². The second-order valence-electron chi connectivity index (χ2n) is 6.86. The summed E-state index contributed by atoms with van der Waals surface area (Å²) in [6.07, 6.45) is 9.69. The Morgan fingerprint density at radius 2 is 1.94 bits per heavy atom. The Morgan fingerprint density at radius 3 is 2.61 bits per heavy atom. The van der Waals surface area contributed by atoms with Crippen molar-refractivity contribution < 1.29 is 0 Å². The normalized spacial score (nSPS) is 24.7. The molecule has 0 spiro atoms. The van der Waals surface area contributed by atoms with Crippen molar-refractivity contribution in [2.75, 3.05) is 26.2 Å². The van der Waals surface area contributed by atoms with Crippen molar-refractivity contribution >= 4 is 0 Å². The quantitative estimate of drug-likeness (QED) is 0.615. The molecule has 2 heteroatoms. The molecule has 1 unspecified atom stereocenters. The number of rotatable bonds is 9. The predicted octanol–water partition coefficient (Wildman–Crippen LogP) is 3.57. The Bertz CT molecular complexity index is 195. The standard InChI is InChI=1S/C16H34N2/c1-15(2)9-6-4-5-7-11-17-13-16(3)10-8-12-18-14-16/h15,17-18H,4-14H2,1-3H3. The molecule has 2 nitrogen and oxygen atoms in total. The second-order valence-corrected chi connectivity index (χ2v) is 6.86. The Labute approximate surface area is 114 Å². The van der Waals surface area contributed by atoms with Crippen molar-refractivity contribution in [2.45, 2.75) is 65.7 Å². The fourth-order valence-electron chi connectivity index (χ4n) is 2.82. The lowest BCUT2D eigenvalue weighted by Crippen LogP contribution is -2.44. The van der Waals surface area contributed by atoms with Gasteiger partial charge in [0, 0.05) is 13.1 Å². The van der Waals surface area contributed by atoms with Gasteiger partial charge in [-0.15, -0.1) is 0 Å². The van der Waals surface area contributed by atoms with Gasteiger partial charge in [0.1, 0.15) is 0 Å². The Balaban J connectivity index is 1.89. The van der Waals surface area contributed by atoms with E-state index >= 15 is 0 Å². The molecule has 0 amide bonds. The van der Waals surface area contributed by atoms with Crippen LogP contribution in [0.15, 0.2) is 0 Å². The maximum absolute atomic E-state index is 3.66. The molecule has 2 N–H and O–H groups in total. The average Bonchev–Trinajstić information content (AvgIpc) is 2.33. The van der Waals surface area contributed by atoms with E-state index in [4.69, 9.17) is 0 Å². The third-order valence-corrected chi connectivity index (χ3v) is 4.12. The van der Waals surface area contributed by atoms with Crippen molar-refractivity contribution in [1.29, 1.82) is 0 Å². The zero-order chi connectivity index (χ0) is 13.3. The summed E-state index contributed by atoms with van der Waals surface area (Å²) in [5.74, 6) is 0.877. The summed E-state index contributed by atoms with van der Waals surface area (Å²) < 4.78 is 0. The maximum Gasteiger partial charge on any atom is 0.00173 e. The highest BCUT2D eigenvalue weighted by Gasteiger charge is 2.25. The van der Waals surface area contributed by atoms with Gasteiger partial charge >= 0.3 is 0 Å². The molecule has 108 valence electrons. The first-order chi connectivity index (χ1) is 8.62. The SMILES string of the molecule is CC(C)CCCCCCNCC1(C)CCCNC1. The Kier molecular flexibility index (Phi) is 7.92. The van der Waals surface area contributed by atoms with E-state index in [1.54, 1.807) is 0 Å². The van der Waals surface area contributed by atoms with Gasteiger partial charge in [-0.05, 0) is 43.7 Å². The van der Waals surface area contributed by atoms with Gasteiger partial charge in [0.2, 0.25) is 0 Å². The predicted molar refractivity (Wildman–Crippen MR) is 81.0 cm³/mol. The summed E-state index contributed by atoms with van der Waals surface area (Å²) >= 11 is 0. The third-order valence-electron chi connectivity index (χ3n) is 4.12. The zero-order valence-electron chi connectivity index (χ0n) is 12.9. The van der Waals surface area contributed by atoms with Gasteiger partial charge in [0.25, 0.3) is 0 Å². The second kappa shape index (κ2) is 8.92. The minimum atomic E-state index is 0.496. The molecule has 0 saturated carbocycles. The summed E-state index contributed by atoms with van der Waals surface area (Å²) in [4.78, 5) is 0. The van der Waals surface area contributed by atoms with Crippen LogP contribution in [0.1, 0.15) is 65.7 Å². The number of piperidine rings is 1. The van der Waals surface area contributed by atoms with Gasteiger partial charge < -0.3 is 10.6 Å². The van der Waals surface area contributed by atoms with Gasteiger partial charge in [-0.1, -0.05) is 46.5 Å². The van der Waals surface area contributed by atoms with Crippen molar-refractivity contribution in [2.24, 2.45) is 11.3 Å². The number of hydrogen-bond acceptors (Lipinski definition) is 2. The molecule has 1 aliphatic heterocycles.